The molecule has 0 bridgehead atoms. The Kier molecular flexibility index (Phi) is 2.91. The summed E-state index contributed by atoms with van der Waals surface area (Å²) < 4.78 is 3.56. The molecule has 6 nitrogen and oxygen atoms in total. The molecule has 3 aromatic rings. The van der Waals surface area contributed by atoms with Crippen LogP contribution in [0.4, 0.5) is 5.95 Å². The van der Waals surface area contributed by atoms with Crippen LogP contribution in [0, 0.1) is 18.3 Å². The summed E-state index contributed by atoms with van der Waals surface area (Å²) in [5, 5.41) is 13.9. The van der Waals surface area contributed by atoms with Crippen molar-refractivity contribution in [2.24, 2.45) is 7.05 Å². The van der Waals surface area contributed by atoms with Crippen LogP contribution in [-0.2, 0) is 13.5 Å². The lowest BCUT2D eigenvalue weighted by molar-refractivity contribution is 0.751. The average molecular weight is 280 g/mol. The Morgan fingerprint density at radius 3 is 2.81 bits per heavy atom. The molecule has 0 amide bonds. The Labute approximate surface area is 122 Å². The van der Waals surface area contributed by atoms with Crippen molar-refractivity contribution in [2.45, 2.75) is 20.3 Å². The normalized spacial score (nSPS) is 11.0. The highest BCUT2D eigenvalue weighted by molar-refractivity contribution is 5.81. The molecule has 0 aliphatic rings. The fourth-order valence-electron chi connectivity index (χ4n) is 2.66. The molecule has 0 spiro atoms. The van der Waals surface area contributed by atoms with E-state index >= 15 is 0 Å². The van der Waals surface area contributed by atoms with Crippen molar-refractivity contribution < 1.29 is 0 Å². The predicted molar refractivity (Wildman–Crippen MR) is 81.1 cm³/mol. The minimum atomic E-state index is 0.370. The SMILES string of the molecule is CCc1nn(C)c2c1nc(N)n2-c1cccc(C)c1C#N. The highest BCUT2D eigenvalue weighted by Crippen LogP contribution is 2.28. The number of nitrogens with zero attached hydrogens (tertiary/aromatic N) is 5. The zero-order valence-electron chi connectivity index (χ0n) is 12.3. The highest BCUT2D eigenvalue weighted by Gasteiger charge is 2.20. The van der Waals surface area contributed by atoms with Gasteiger partial charge in [-0.3, -0.25) is 4.57 Å². The van der Waals surface area contributed by atoms with E-state index in [2.05, 4.69) is 16.2 Å². The van der Waals surface area contributed by atoms with Crippen molar-refractivity contribution in [3.8, 4) is 11.8 Å². The first kappa shape index (κ1) is 13.2. The number of benzene rings is 1. The number of fused-ring (bicyclic) bond motifs is 1. The van der Waals surface area contributed by atoms with Crippen molar-refractivity contribution in [3.63, 3.8) is 0 Å². The average Bonchev–Trinajstić information content (AvgIpc) is 2.95. The monoisotopic (exact) mass is 280 g/mol. The molecule has 106 valence electrons. The van der Waals surface area contributed by atoms with Gasteiger partial charge in [0.15, 0.2) is 5.65 Å². The van der Waals surface area contributed by atoms with E-state index in [0.717, 1.165) is 34.5 Å². The van der Waals surface area contributed by atoms with Gasteiger partial charge in [0.2, 0.25) is 5.95 Å². The largest absolute Gasteiger partial charge is 0.369 e. The summed E-state index contributed by atoms with van der Waals surface area (Å²) in [4.78, 5) is 4.43. The van der Waals surface area contributed by atoms with Crippen LogP contribution in [0.25, 0.3) is 16.9 Å². The van der Waals surface area contributed by atoms with Crippen molar-refractivity contribution in [3.05, 3.63) is 35.0 Å². The van der Waals surface area contributed by atoms with E-state index in [-0.39, 0.29) is 0 Å². The van der Waals surface area contributed by atoms with Crippen LogP contribution in [0.5, 0.6) is 0 Å². The number of rotatable bonds is 2. The van der Waals surface area contributed by atoms with Crippen molar-refractivity contribution >= 4 is 17.1 Å². The van der Waals surface area contributed by atoms with Gasteiger partial charge in [0.05, 0.1) is 16.9 Å². The minimum absolute atomic E-state index is 0.370. The quantitative estimate of drug-likeness (QED) is 0.778. The number of anilines is 1. The third-order valence-electron chi connectivity index (χ3n) is 3.67. The molecular weight excluding hydrogens is 264 g/mol. The van der Waals surface area contributed by atoms with Gasteiger partial charge in [0.1, 0.15) is 11.6 Å². The first-order valence-electron chi connectivity index (χ1n) is 6.78. The molecule has 0 aliphatic carbocycles. The van der Waals surface area contributed by atoms with Crippen LogP contribution >= 0.6 is 0 Å². The molecule has 0 saturated heterocycles. The van der Waals surface area contributed by atoms with Crippen LogP contribution in [-0.4, -0.2) is 19.3 Å². The summed E-state index contributed by atoms with van der Waals surface area (Å²) in [6.45, 7) is 3.94. The van der Waals surface area contributed by atoms with Gasteiger partial charge in [-0.05, 0) is 25.0 Å². The fourth-order valence-corrected chi connectivity index (χ4v) is 2.66. The molecule has 0 unspecified atom stereocenters. The van der Waals surface area contributed by atoms with Crippen molar-refractivity contribution in [1.29, 1.82) is 5.26 Å². The molecular formula is C15H16N6. The zero-order valence-corrected chi connectivity index (χ0v) is 12.3. The molecule has 21 heavy (non-hydrogen) atoms. The van der Waals surface area contributed by atoms with Crippen LogP contribution < -0.4 is 5.73 Å². The lowest BCUT2D eigenvalue weighted by atomic mass is 10.1. The summed E-state index contributed by atoms with van der Waals surface area (Å²) >= 11 is 0. The first-order valence-corrected chi connectivity index (χ1v) is 6.78. The maximum absolute atomic E-state index is 9.43. The van der Waals surface area contributed by atoms with E-state index in [1.807, 2.05) is 39.1 Å². The third kappa shape index (κ3) is 1.78. The highest BCUT2D eigenvalue weighted by atomic mass is 15.3. The zero-order chi connectivity index (χ0) is 15.1. The Morgan fingerprint density at radius 1 is 1.38 bits per heavy atom. The topological polar surface area (TPSA) is 85.5 Å². The summed E-state index contributed by atoms with van der Waals surface area (Å²) in [5.74, 6) is 0.370. The Bertz CT molecular complexity index is 878. The van der Waals surface area contributed by atoms with Gasteiger partial charge >= 0.3 is 0 Å². The van der Waals surface area contributed by atoms with Gasteiger partial charge in [-0.15, -0.1) is 0 Å². The van der Waals surface area contributed by atoms with Gasteiger partial charge in [-0.1, -0.05) is 19.1 Å². The van der Waals surface area contributed by atoms with Crippen molar-refractivity contribution in [1.82, 2.24) is 19.3 Å². The van der Waals surface area contributed by atoms with E-state index in [9.17, 15) is 5.26 Å². The van der Waals surface area contributed by atoms with Crippen LogP contribution in [0.15, 0.2) is 18.2 Å². The molecule has 0 atom stereocenters. The van der Waals surface area contributed by atoms with Crippen LogP contribution in [0.3, 0.4) is 0 Å². The molecule has 2 N–H and O–H groups in total. The molecule has 0 fully saturated rings. The second-order valence-corrected chi connectivity index (χ2v) is 4.98. The van der Waals surface area contributed by atoms with Gasteiger partial charge in [0, 0.05) is 7.05 Å². The molecule has 0 saturated carbocycles. The summed E-state index contributed by atoms with van der Waals surface area (Å²) in [6, 6.07) is 7.95. The standard InChI is InChI=1S/C15H16N6/c1-4-11-13-14(20(3)19-11)21(15(17)18-13)12-7-5-6-9(2)10(12)8-16/h5-7H,4H2,1-3H3,(H2,17,18). The maximum atomic E-state index is 9.43. The Hall–Kier alpha value is -2.81. The van der Waals surface area contributed by atoms with E-state index in [4.69, 9.17) is 5.73 Å². The third-order valence-corrected chi connectivity index (χ3v) is 3.67. The van der Waals surface area contributed by atoms with Gasteiger partial charge in [0.25, 0.3) is 0 Å². The maximum Gasteiger partial charge on any atom is 0.207 e. The second kappa shape index (κ2) is 4.63. The van der Waals surface area contributed by atoms with Crippen LogP contribution in [0.1, 0.15) is 23.7 Å². The van der Waals surface area contributed by atoms with Crippen LogP contribution in [0.2, 0.25) is 0 Å². The fraction of sp³-hybridized carbons (Fsp3) is 0.267. The van der Waals surface area contributed by atoms with Crippen molar-refractivity contribution in [2.75, 3.05) is 5.73 Å². The second-order valence-electron chi connectivity index (χ2n) is 4.98. The smallest absolute Gasteiger partial charge is 0.207 e. The van der Waals surface area contributed by atoms with Gasteiger partial charge in [-0.25, -0.2) is 9.67 Å². The Morgan fingerprint density at radius 2 is 2.14 bits per heavy atom. The van der Waals surface area contributed by atoms with E-state index in [1.165, 1.54) is 0 Å². The number of nitrogen functional groups attached to an aromatic ring is 1. The van der Waals surface area contributed by atoms with E-state index < -0.39 is 0 Å². The van der Waals surface area contributed by atoms with E-state index in [0.29, 0.717) is 11.5 Å². The molecule has 2 aromatic heterocycles. The lowest BCUT2D eigenvalue weighted by Crippen LogP contribution is -2.07. The molecule has 2 heterocycles. The molecule has 0 radical (unpaired) electrons. The molecule has 6 heteroatoms. The lowest BCUT2D eigenvalue weighted by Gasteiger charge is -2.10. The predicted octanol–water partition coefficient (Wildman–Crippen LogP) is 2.08. The number of nitriles is 1. The number of aryl methyl sites for hydroxylation is 3. The number of nitrogens with two attached hydrogens (primary N) is 1. The number of hydrogen-bond acceptors (Lipinski definition) is 4. The molecule has 0 aliphatic heterocycles. The molecule has 1 aromatic carbocycles. The number of hydrogen-bond donors (Lipinski definition) is 1. The Balaban J connectivity index is 2.42. The van der Waals surface area contributed by atoms with Gasteiger partial charge in [-0.2, -0.15) is 10.4 Å². The number of imidazole rings is 1. The summed E-state index contributed by atoms with van der Waals surface area (Å²) in [5.41, 5.74) is 10.9. The molecule has 3 rings (SSSR count). The summed E-state index contributed by atoms with van der Waals surface area (Å²) in [7, 11) is 1.86. The van der Waals surface area contributed by atoms with Gasteiger partial charge < -0.3 is 5.73 Å². The minimum Gasteiger partial charge on any atom is -0.369 e. The number of aromatic nitrogens is 4. The first-order chi connectivity index (χ1) is 10.1. The van der Waals surface area contributed by atoms with E-state index in [1.54, 1.807) is 9.25 Å². The summed E-state index contributed by atoms with van der Waals surface area (Å²) in [6.07, 6.45) is 0.784.